The van der Waals surface area contributed by atoms with Gasteiger partial charge in [0.1, 0.15) is 5.54 Å². The number of rotatable bonds is 5. The van der Waals surface area contributed by atoms with E-state index >= 15 is 0 Å². The SMILES string of the molecule is CN1CC2C3C(=O)N(Cc4ccccc4)C(=O)C3[C@](Cc3ccccc3)(C1=O)N2C(=O)c1ccc(C(C)(C)C)cc1. The van der Waals surface area contributed by atoms with E-state index in [1.54, 1.807) is 29.0 Å². The number of likely N-dealkylation sites (N-methyl/N-ethyl adjacent to an activating group) is 1. The number of amides is 4. The Morgan fingerprint density at radius 1 is 0.829 bits per heavy atom. The summed E-state index contributed by atoms with van der Waals surface area (Å²) in [6, 6.07) is 25.7. The van der Waals surface area contributed by atoms with Crippen molar-refractivity contribution in [1.29, 1.82) is 0 Å². The number of carbonyl (C=O) groups excluding carboxylic acids is 4. The molecule has 0 saturated carbocycles. The highest BCUT2D eigenvalue weighted by Crippen LogP contribution is 2.54. The maximum atomic E-state index is 14.4. The first kappa shape index (κ1) is 26.9. The maximum Gasteiger partial charge on any atom is 0.255 e. The van der Waals surface area contributed by atoms with Crippen molar-refractivity contribution in [2.24, 2.45) is 11.8 Å². The van der Waals surface area contributed by atoms with Crippen LogP contribution in [0.15, 0.2) is 84.9 Å². The van der Waals surface area contributed by atoms with Crippen LogP contribution in [0.25, 0.3) is 0 Å². The van der Waals surface area contributed by atoms with Crippen LogP contribution in [0.5, 0.6) is 0 Å². The summed E-state index contributed by atoms with van der Waals surface area (Å²) in [5.41, 5.74) is 1.60. The summed E-state index contributed by atoms with van der Waals surface area (Å²) in [4.78, 5) is 61.6. The average Bonchev–Trinajstić information content (AvgIpc) is 3.34. The van der Waals surface area contributed by atoms with Crippen molar-refractivity contribution in [3.8, 4) is 0 Å². The van der Waals surface area contributed by atoms with Crippen molar-refractivity contribution in [3.63, 3.8) is 0 Å². The topological polar surface area (TPSA) is 78.0 Å². The van der Waals surface area contributed by atoms with Gasteiger partial charge < -0.3 is 9.80 Å². The van der Waals surface area contributed by atoms with Gasteiger partial charge in [0.2, 0.25) is 17.7 Å². The van der Waals surface area contributed by atoms with Crippen molar-refractivity contribution in [2.75, 3.05) is 13.6 Å². The minimum Gasteiger partial charge on any atom is -0.342 e. The molecule has 210 valence electrons. The zero-order chi connectivity index (χ0) is 29.1. The first-order valence-corrected chi connectivity index (χ1v) is 14.2. The number of likely N-dealkylation sites (tertiary alicyclic amines) is 2. The first-order valence-electron chi connectivity index (χ1n) is 14.2. The molecule has 2 bridgehead atoms. The van der Waals surface area contributed by atoms with Gasteiger partial charge in [0, 0.05) is 25.6 Å². The van der Waals surface area contributed by atoms with E-state index < -0.39 is 23.4 Å². The molecule has 7 heteroatoms. The van der Waals surface area contributed by atoms with E-state index in [1.165, 1.54) is 4.90 Å². The minimum absolute atomic E-state index is 0.0863. The standard InChI is InChI=1S/C34H35N3O4/c1-33(2,3)25-17-15-24(16-18-25)29(38)37-26-21-35(4)32(41)34(37,19-22-11-7-5-8-12-22)28-27(26)30(39)36(31(28)40)20-23-13-9-6-10-14-23/h5-18,26-28H,19-21H2,1-4H3/t26?,27?,28?,34-/m1/s1. The summed E-state index contributed by atoms with van der Waals surface area (Å²) < 4.78 is 0. The van der Waals surface area contributed by atoms with Gasteiger partial charge in [-0.15, -0.1) is 0 Å². The molecule has 3 aliphatic heterocycles. The van der Waals surface area contributed by atoms with Crippen molar-refractivity contribution in [1.82, 2.24) is 14.7 Å². The zero-order valence-electron chi connectivity index (χ0n) is 23.9. The Kier molecular flexibility index (Phi) is 6.36. The van der Waals surface area contributed by atoms with E-state index in [-0.39, 0.29) is 48.6 Å². The lowest BCUT2D eigenvalue weighted by atomic mass is 9.75. The number of hydrogen-bond donors (Lipinski definition) is 0. The van der Waals surface area contributed by atoms with Crippen LogP contribution in [0.4, 0.5) is 0 Å². The number of carbonyl (C=O) groups is 4. The van der Waals surface area contributed by atoms with E-state index in [1.807, 2.05) is 72.8 Å². The van der Waals surface area contributed by atoms with Gasteiger partial charge in [-0.1, -0.05) is 93.6 Å². The lowest BCUT2D eigenvalue weighted by Crippen LogP contribution is -2.69. The van der Waals surface area contributed by atoms with Crippen LogP contribution in [0.1, 0.15) is 47.8 Å². The highest BCUT2D eigenvalue weighted by molar-refractivity contribution is 6.13. The average molecular weight is 550 g/mol. The number of benzene rings is 3. The van der Waals surface area contributed by atoms with E-state index in [0.717, 1.165) is 16.7 Å². The van der Waals surface area contributed by atoms with Crippen LogP contribution in [-0.2, 0) is 32.8 Å². The Bertz CT molecular complexity index is 1510. The van der Waals surface area contributed by atoms with Crippen molar-refractivity contribution >= 4 is 23.6 Å². The minimum atomic E-state index is -1.51. The van der Waals surface area contributed by atoms with Crippen LogP contribution in [0, 0.1) is 11.8 Å². The molecule has 3 aromatic carbocycles. The van der Waals surface area contributed by atoms with Crippen molar-refractivity contribution in [2.45, 2.75) is 50.7 Å². The highest BCUT2D eigenvalue weighted by atomic mass is 16.2. The molecule has 3 saturated heterocycles. The fourth-order valence-electron chi connectivity index (χ4n) is 7.06. The van der Waals surface area contributed by atoms with Crippen LogP contribution in [-0.4, -0.2) is 63.5 Å². The summed E-state index contributed by atoms with van der Waals surface area (Å²) in [5, 5.41) is 0. The second kappa shape index (κ2) is 9.68. The molecular weight excluding hydrogens is 514 g/mol. The molecular formula is C34H35N3O4. The van der Waals surface area contributed by atoms with E-state index in [2.05, 4.69) is 20.8 Å². The third-order valence-electron chi connectivity index (χ3n) is 9.03. The predicted octanol–water partition coefficient (Wildman–Crippen LogP) is 4.06. The van der Waals surface area contributed by atoms with E-state index in [9.17, 15) is 19.2 Å². The molecule has 0 N–H and O–H groups in total. The Hall–Kier alpha value is -4.26. The van der Waals surface area contributed by atoms with Gasteiger partial charge in [-0.2, -0.15) is 0 Å². The first-order chi connectivity index (χ1) is 19.5. The second-order valence-electron chi connectivity index (χ2n) is 12.6. The number of nitrogens with zero attached hydrogens (tertiary/aromatic N) is 3. The lowest BCUT2D eigenvalue weighted by molar-refractivity contribution is -0.155. The zero-order valence-corrected chi connectivity index (χ0v) is 23.9. The van der Waals surface area contributed by atoms with E-state index in [0.29, 0.717) is 5.56 Å². The molecule has 3 unspecified atom stereocenters. The summed E-state index contributed by atoms with van der Waals surface area (Å²) in [7, 11) is 1.70. The fraction of sp³-hybridized carbons (Fsp3) is 0.353. The summed E-state index contributed by atoms with van der Waals surface area (Å²) in [6.07, 6.45) is 0.151. The molecule has 0 radical (unpaired) electrons. The second-order valence-corrected chi connectivity index (χ2v) is 12.6. The normalized spacial score (nSPS) is 25.6. The largest absolute Gasteiger partial charge is 0.342 e. The van der Waals surface area contributed by atoms with Gasteiger partial charge in [0.25, 0.3) is 5.91 Å². The molecule has 3 aliphatic rings. The predicted molar refractivity (Wildman–Crippen MR) is 155 cm³/mol. The number of fused-ring (bicyclic) bond motifs is 5. The molecule has 0 aliphatic carbocycles. The lowest BCUT2D eigenvalue weighted by Gasteiger charge is -2.49. The van der Waals surface area contributed by atoms with Crippen LogP contribution < -0.4 is 0 Å². The molecule has 3 aromatic rings. The Morgan fingerprint density at radius 3 is 2.00 bits per heavy atom. The Balaban J connectivity index is 1.47. The third kappa shape index (κ3) is 4.17. The molecule has 0 spiro atoms. The summed E-state index contributed by atoms with van der Waals surface area (Å²) in [5.74, 6) is -3.06. The van der Waals surface area contributed by atoms with Crippen LogP contribution >= 0.6 is 0 Å². The monoisotopic (exact) mass is 549 g/mol. The third-order valence-corrected chi connectivity index (χ3v) is 9.03. The van der Waals surface area contributed by atoms with Gasteiger partial charge in [0.15, 0.2) is 0 Å². The van der Waals surface area contributed by atoms with E-state index in [4.69, 9.17) is 0 Å². The molecule has 4 atom stereocenters. The van der Waals surface area contributed by atoms with Gasteiger partial charge >= 0.3 is 0 Å². The Morgan fingerprint density at radius 2 is 1.41 bits per heavy atom. The number of imide groups is 1. The van der Waals surface area contributed by atoms with Crippen LogP contribution in [0.3, 0.4) is 0 Å². The van der Waals surface area contributed by atoms with Crippen LogP contribution in [0.2, 0.25) is 0 Å². The molecule has 3 fully saturated rings. The summed E-state index contributed by atoms with van der Waals surface area (Å²) >= 11 is 0. The molecule has 0 aromatic heterocycles. The summed E-state index contributed by atoms with van der Waals surface area (Å²) in [6.45, 7) is 6.67. The van der Waals surface area contributed by atoms with Gasteiger partial charge in [-0.25, -0.2) is 0 Å². The Labute approximate surface area is 240 Å². The molecule has 3 heterocycles. The van der Waals surface area contributed by atoms with Crippen molar-refractivity contribution < 1.29 is 19.2 Å². The fourth-order valence-corrected chi connectivity index (χ4v) is 7.06. The smallest absolute Gasteiger partial charge is 0.255 e. The van der Waals surface area contributed by atoms with Gasteiger partial charge in [-0.05, 0) is 34.2 Å². The maximum absolute atomic E-state index is 14.4. The number of piperazine rings is 1. The van der Waals surface area contributed by atoms with Crippen molar-refractivity contribution in [3.05, 3.63) is 107 Å². The quantitative estimate of drug-likeness (QED) is 0.450. The molecule has 6 rings (SSSR count). The molecule has 7 nitrogen and oxygen atoms in total. The number of hydrogen-bond acceptors (Lipinski definition) is 4. The van der Waals surface area contributed by atoms with Gasteiger partial charge in [0.05, 0.1) is 24.4 Å². The molecule has 4 amide bonds. The molecule has 41 heavy (non-hydrogen) atoms. The van der Waals surface area contributed by atoms with Gasteiger partial charge in [-0.3, -0.25) is 24.1 Å². The highest BCUT2D eigenvalue weighted by Gasteiger charge is 2.75.